The standard InChI is InChI=1S/C15H18N4S/c1-4-11-12(9-16)15(19-18-13(11)5-2)17-10(3)14-7-6-8-20-14/h6-8,10H,4-5H2,1-3H3,(H,17,19). The van der Waals surface area contributed by atoms with Crippen LogP contribution in [0.3, 0.4) is 0 Å². The summed E-state index contributed by atoms with van der Waals surface area (Å²) in [5.74, 6) is 0.586. The van der Waals surface area contributed by atoms with E-state index >= 15 is 0 Å². The minimum absolute atomic E-state index is 0.119. The van der Waals surface area contributed by atoms with E-state index in [4.69, 9.17) is 0 Å². The van der Waals surface area contributed by atoms with E-state index in [1.165, 1.54) is 4.88 Å². The van der Waals surface area contributed by atoms with Crippen LogP contribution in [0.25, 0.3) is 0 Å². The fourth-order valence-corrected chi connectivity index (χ4v) is 2.94. The molecule has 0 aliphatic rings. The zero-order valence-electron chi connectivity index (χ0n) is 12.0. The van der Waals surface area contributed by atoms with Gasteiger partial charge in [0.2, 0.25) is 0 Å². The number of hydrogen-bond acceptors (Lipinski definition) is 5. The molecule has 5 heteroatoms. The maximum absolute atomic E-state index is 9.44. The van der Waals surface area contributed by atoms with Crippen LogP contribution in [0.4, 0.5) is 5.82 Å². The fraction of sp³-hybridized carbons (Fsp3) is 0.400. The van der Waals surface area contributed by atoms with Crippen molar-refractivity contribution in [3.63, 3.8) is 0 Å². The molecule has 2 heterocycles. The van der Waals surface area contributed by atoms with Gasteiger partial charge in [0.25, 0.3) is 0 Å². The van der Waals surface area contributed by atoms with E-state index in [0.717, 1.165) is 24.1 Å². The van der Waals surface area contributed by atoms with Crippen molar-refractivity contribution >= 4 is 17.2 Å². The minimum Gasteiger partial charge on any atom is -0.360 e. The summed E-state index contributed by atoms with van der Waals surface area (Å²) in [7, 11) is 0. The van der Waals surface area contributed by atoms with Crippen LogP contribution in [-0.4, -0.2) is 10.2 Å². The Morgan fingerprint density at radius 2 is 2.15 bits per heavy atom. The van der Waals surface area contributed by atoms with Crippen molar-refractivity contribution in [2.24, 2.45) is 0 Å². The van der Waals surface area contributed by atoms with Crippen LogP contribution in [0.1, 0.15) is 48.5 Å². The number of hydrogen-bond donors (Lipinski definition) is 1. The summed E-state index contributed by atoms with van der Waals surface area (Å²) in [6, 6.07) is 6.49. The molecule has 0 spiro atoms. The molecule has 0 fully saturated rings. The zero-order valence-corrected chi connectivity index (χ0v) is 12.8. The van der Waals surface area contributed by atoms with Gasteiger partial charge in [-0.15, -0.1) is 16.4 Å². The number of thiophene rings is 1. The van der Waals surface area contributed by atoms with Gasteiger partial charge in [-0.3, -0.25) is 0 Å². The third kappa shape index (κ3) is 2.81. The number of rotatable bonds is 5. The number of anilines is 1. The van der Waals surface area contributed by atoms with E-state index in [9.17, 15) is 5.26 Å². The number of aromatic nitrogens is 2. The molecule has 0 saturated heterocycles. The van der Waals surface area contributed by atoms with Crippen LogP contribution in [0.2, 0.25) is 0 Å². The molecule has 0 saturated carbocycles. The van der Waals surface area contributed by atoms with Crippen molar-refractivity contribution in [1.29, 1.82) is 5.26 Å². The Morgan fingerprint density at radius 1 is 1.35 bits per heavy atom. The first-order valence-corrected chi connectivity index (χ1v) is 7.67. The second kappa shape index (κ2) is 6.49. The van der Waals surface area contributed by atoms with Crippen molar-refractivity contribution in [2.45, 2.75) is 39.7 Å². The van der Waals surface area contributed by atoms with Crippen LogP contribution in [0, 0.1) is 11.3 Å². The third-order valence-corrected chi connectivity index (χ3v) is 4.34. The first-order valence-electron chi connectivity index (χ1n) is 6.79. The maximum atomic E-state index is 9.44. The summed E-state index contributed by atoms with van der Waals surface area (Å²) in [4.78, 5) is 1.22. The Kier molecular flexibility index (Phi) is 4.70. The van der Waals surface area contributed by atoms with E-state index in [1.54, 1.807) is 11.3 Å². The number of nitrogens with one attached hydrogen (secondary N) is 1. The van der Waals surface area contributed by atoms with Gasteiger partial charge in [0, 0.05) is 4.88 Å². The monoisotopic (exact) mass is 286 g/mol. The van der Waals surface area contributed by atoms with Gasteiger partial charge in [0.1, 0.15) is 11.6 Å². The molecule has 4 nitrogen and oxygen atoms in total. The van der Waals surface area contributed by atoms with Crippen molar-refractivity contribution in [3.8, 4) is 6.07 Å². The van der Waals surface area contributed by atoms with E-state index in [2.05, 4.69) is 34.6 Å². The van der Waals surface area contributed by atoms with Gasteiger partial charge in [-0.2, -0.15) is 10.4 Å². The molecule has 2 aromatic rings. The Bertz CT molecular complexity index is 614. The molecular formula is C15H18N4S. The highest BCUT2D eigenvalue weighted by Crippen LogP contribution is 2.26. The van der Waals surface area contributed by atoms with Crippen LogP contribution in [-0.2, 0) is 12.8 Å². The van der Waals surface area contributed by atoms with Crippen LogP contribution >= 0.6 is 11.3 Å². The molecule has 2 rings (SSSR count). The molecule has 1 N–H and O–H groups in total. The number of nitrogens with zero attached hydrogens (tertiary/aromatic N) is 3. The summed E-state index contributed by atoms with van der Waals surface area (Å²) in [6.07, 6.45) is 1.59. The largest absolute Gasteiger partial charge is 0.360 e. The molecule has 0 amide bonds. The predicted molar refractivity (Wildman–Crippen MR) is 81.9 cm³/mol. The molecule has 0 bridgehead atoms. The van der Waals surface area contributed by atoms with Gasteiger partial charge in [0.05, 0.1) is 11.7 Å². The van der Waals surface area contributed by atoms with Crippen molar-refractivity contribution in [3.05, 3.63) is 39.2 Å². The lowest BCUT2D eigenvalue weighted by Gasteiger charge is -2.16. The van der Waals surface area contributed by atoms with Crippen LogP contribution < -0.4 is 5.32 Å². The average molecular weight is 286 g/mol. The lowest BCUT2D eigenvalue weighted by atomic mass is 10.0. The van der Waals surface area contributed by atoms with Gasteiger partial charge in [-0.25, -0.2) is 0 Å². The maximum Gasteiger partial charge on any atom is 0.167 e. The second-order valence-corrected chi connectivity index (χ2v) is 5.53. The molecule has 1 atom stereocenters. The Labute approximate surface area is 123 Å². The topological polar surface area (TPSA) is 61.6 Å². The summed E-state index contributed by atoms with van der Waals surface area (Å²) in [5, 5.41) is 23.2. The normalized spacial score (nSPS) is 11.9. The van der Waals surface area contributed by atoms with Gasteiger partial charge in [-0.05, 0) is 36.8 Å². The van der Waals surface area contributed by atoms with Gasteiger partial charge in [0.15, 0.2) is 5.82 Å². The first kappa shape index (κ1) is 14.5. The van der Waals surface area contributed by atoms with Crippen LogP contribution in [0.5, 0.6) is 0 Å². The molecule has 104 valence electrons. The second-order valence-electron chi connectivity index (χ2n) is 4.55. The summed E-state index contributed by atoms with van der Waals surface area (Å²) in [5.41, 5.74) is 2.55. The lowest BCUT2D eigenvalue weighted by Crippen LogP contribution is -2.12. The van der Waals surface area contributed by atoms with Gasteiger partial charge in [-0.1, -0.05) is 19.9 Å². The average Bonchev–Trinajstić information content (AvgIpc) is 3.00. The first-order chi connectivity index (χ1) is 9.71. The highest BCUT2D eigenvalue weighted by atomic mass is 32.1. The summed E-state index contributed by atoms with van der Waals surface area (Å²) < 4.78 is 0. The minimum atomic E-state index is 0.119. The van der Waals surface area contributed by atoms with E-state index in [1.807, 2.05) is 25.3 Å². The molecule has 2 aromatic heterocycles. The molecule has 20 heavy (non-hydrogen) atoms. The third-order valence-electron chi connectivity index (χ3n) is 3.28. The number of aryl methyl sites for hydroxylation is 1. The zero-order chi connectivity index (χ0) is 14.5. The Balaban J connectivity index is 2.35. The lowest BCUT2D eigenvalue weighted by molar-refractivity contribution is 0.838. The van der Waals surface area contributed by atoms with Crippen molar-refractivity contribution in [2.75, 3.05) is 5.32 Å². The molecule has 0 aliphatic carbocycles. The van der Waals surface area contributed by atoms with Crippen molar-refractivity contribution in [1.82, 2.24) is 10.2 Å². The molecular weight excluding hydrogens is 268 g/mol. The smallest absolute Gasteiger partial charge is 0.167 e. The van der Waals surface area contributed by atoms with E-state index in [-0.39, 0.29) is 6.04 Å². The quantitative estimate of drug-likeness (QED) is 0.910. The van der Waals surface area contributed by atoms with Crippen LogP contribution in [0.15, 0.2) is 17.5 Å². The number of nitriles is 1. The Hall–Kier alpha value is -1.93. The van der Waals surface area contributed by atoms with E-state index < -0.39 is 0 Å². The summed E-state index contributed by atoms with van der Waals surface area (Å²) >= 11 is 1.69. The highest BCUT2D eigenvalue weighted by molar-refractivity contribution is 7.10. The molecule has 1 unspecified atom stereocenters. The predicted octanol–water partition coefficient (Wildman–Crippen LogP) is 3.71. The molecule has 0 radical (unpaired) electrons. The molecule has 0 aromatic carbocycles. The fourth-order valence-electron chi connectivity index (χ4n) is 2.21. The Morgan fingerprint density at radius 3 is 2.70 bits per heavy atom. The highest BCUT2D eigenvalue weighted by Gasteiger charge is 2.16. The van der Waals surface area contributed by atoms with E-state index in [0.29, 0.717) is 11.4 Å². The van der Waals surface area contributed by atoms with Gasteiger partial charge >= 0.3 is 0 Å². The SMILES string of the molecule is CCc1nnc(NC(C)c2cccs2)c(C#N)c1CC. The molecule has 0 aliphatic heterocycles. The van der Waals surface area contributed by atoms with Crippen molar-refractivity contribution < 1.29 is 0 Å². The van der Waals surface area contributed by atoms with Gasteiger partial charge < -0.3 is 5.32 Å². The summed E-state index contributed by atoms with van der Waals surface area (Å²) in [6.45, 7) is 6.14.